The molecule has 1 unspecified atom stereocenters. The molecule has 0 aliphatic carbocycles. The molecule has 0 saturated heterocycles. The van der Waals surface area contributed by atoms with Crippen LogP contribution in [0.2, 0.25) is 0 Å². The molecule has 0 bridgehead atoms. The Labute approximate surface area is 108 Å². The Morgan fingerprint density at radius 1 is 0.706 bits per heavy atom. The first-order chi connectivity index (χ1) is 8.35. The molecular weight excluding hydrogens is 210 g/mol. The minimum atomic E-state index is 0.0926. The van der Waals surface area contributed by atoms with Crippen LogP contribution < -0.4 is 0 Å². The summed E-state index contributed by atoms with van der Waals surface area (Å²) in [5.74, 6) is 0. The maximum Gasteiger partial charge on any atom is 0.0919 e. The number of rotatable bonds is 13. The highest BCUT2D eigenvalue weighted by Gasteiger charge is 2.06. The number of hydrogen-bond donors (Lipinski definition) is 0. The van der Waals surface area contributed by atoms with Gasteiger partial charge in [0.05, 0.1) is 6.04 Å². The van der Waals surface area contributed by atoms with Gasteiger partial charge in [-0.3, -0.25) is 0 Å². The van der Waals surface area contributed by atoms with Crippen molar-refractivity contribution in [1.82, 2.24) is 0 Å². The molecule has 0 aromatic carbocycles. The largest absolute Gasteiger partial charge is 0.151 e. The van der Waals surface area contributed by atoms with E-state index in [4.69, 9.17) is 0 Å². The molecular formula is C15H31NO. The Morgan fingerprint density at radius 3 is 1.71 bits per heavy atom. The van der Waals surface area contributed by atoms with Gasteiger partial charge >= 0.3 is 0 Å². The summed E-state index contributed by atoms with van der Waals surface area (Å²) in [4.78, 5) is 10.6. The maximum absolute atomic E-state index is 10.6. The third-order valence-corrected chi connectivity index (χ3v) is 3.43. The molecule has 0 heterocycles. The van der Waals surface area contributed by atoms with E-state index >= 15 is 0 Å². The van der Waals surface area contributed by atoms with Gasteiger partial charge in [0, 0.05) is 0 Å². The Morgan fingerprint density at radius 2 is 1.18 bits per heavy atom. The number of unbranched alkanes of at least 4 members (excludes halogenated alkanes) is 8. The molecule has 1 atom stereocenters. The highest BCUT2D eigenvalue weighted by Crippen LogP contribution is 2.15. The fraction of sp³-hybridized carbons (Fsp3) is 1.00. The van der Waals surface area contributed by atoms with Gasteiger partial charge in [-0.1, -0.05) is 83.2 Å². The molecule has 0 spiro atoms. The highest BCUT2D eigenvalue weighted by atomic mass is 16.3. The molecule has 2 heteroatoms. The van der Waals surface area contributed by atoms with E-state index in [2.05, 4.69) is 19.0 Å². The van der Waals surface area contributed by atoms with Crippen molar-refractivity contribution >= 4 is 0 Å². The molecule has 0 rings (SSSR count). The fourth-order valence-electron chi connectivity index (χ4n) is 2.20. The van der Waals surface area contributed by atoms with E-state index in [-0.39, 0.29) is 6.04 Å². The first-order valence-corrected chi connectivity index (χ1v) is 7.67. The van der Waals surface area contributed by atoms with E-state index in [0.717, 1.165) is 19.3 Å². The van der Waals surface area contributed by atoms with Crippen LogP contribution in [0.5, 0.6) is 0 Å². The Bertz CT molecular complexity index is 159. The predicted octanol–water partition coefficient (Wildman–Crippen LogP) is 5.84. The van der Waals surface area contributed by atoms with Gasteiger partial charge in [-0.15, -0.1) is 0 Å². The van der Waals surface area contributed by atoms with Crippen molar-refractivity contribution in [3.8, 4) is 0 Å². The number of hydrogen-bond acceptors (Lipinski definition) is 2. The van der Waals surface area contributed by atoms with Gasteiger partial charge < -0.3 is 0 Å². The maximum atomic E-state index is 10.6. The van der Waals surface area contributed by atoms with E-state index in [1.807, 2.05) is 0 Å². The summed E-state index contributed by atoms with van der Waals surface area (Å²) in [6.07, 6.45) is 15.0. The fourth-order valence-corrected chi connectivity index (χ4v) is 2.20. The summed E-state index contributed by atoms with van der Waals surface area (Å²) in [7, 11) is 0. The molecule has 0 aromatic heterocycles. The van der Waals surface area contributed by atoms with Gasteiger partial charge in [0.2, 0.25) is 0 Å². The average Bonchev–Trinajstić information content (AvgIpc) is 2.36. The van der Waals surface area contributed by atoms with Gasteiger partial charge in [-0.2, -0.15) is 4.91 Å². The standard InChI is InChI=1S/C15H31NO/c1-3-5-7-8-9-10-11-12-14-15(16-17)13-6-4-2/h15H,3-14H2,1-2H3. The van der Waals surface area contributed by atoms with Crippen LogP contribution in [0.15, 0.2) is 5.18 Å². The van der Waals surface area contributed by atoms with Crippen LogP contribution in [0.3, 0.4) is 0 Å². The van der Waals surface area contributed by atoms with E-state index in [1.165, 1.54) is 57.8 Å². The zero-order chi connectivity index (χ0) is 12.8. The minimum absolute atomic E-state index is 0.0926. The molecule has 0 saturated carbocycles. The Hall–Kier alpha value is -0.400. The lowest BCUT2D eigenvalue weighted by molar-refractivity contribution is 0.494. The second-order valence-corrected chi connectivity index (χ2v) is 5.17. The monoisotopic (exact) mass is 241 g/mol. The Kier molecular flexibility index (Phi) is 13.3. The summed E-state index contributed by atoms with van der Waals surface area (Å²) in [6, 6.07) is 0.0926. The SMILES string of the molecule is CCCCCCCCCCC(CCCC)N=O. The lowest BCUT2D eigenvalue weighted by atomic mass is 10.0. The van der Waals surface area contributed by atoms with Crippen molar-refractivity contribution < 1.29 is 0 Å². The van der Waals surface area contributed by atoms with Crippen LogP contribution in [0.4, 0.5) is 0 Å². The van der Waals surface area contributed by atoms with Crippen molar-refractivity contribution in [2.75, 3.05) is 0 Å². The minimum Gasteiger partial charge on any atom is -0.151 e. The van der Waals surface area contributed by atoms with E-state index in [1.54, 1.807) is 0 Å². The molecule has 17 heavy (non-hydrogen) atoms. The molecule has 0 radical (unpaired) electrons. The Balaban J connectivity index is 3.22. The third-order valence-electron chi connectivity index (χ3n) is 3.43. The second kappa shape index (κ2) is 13.7. The van der Waals surface area contributed by atoms with Crippen LogP contribution in [0.25, 0.3) is 0 Å². The topological polar surface area (TPSA) is 29.4 Å². The van der Waals surface area contributed by atoms with E-state index in [9.17, 15) is 4.91 Å². The predicted molar refractivity (Wildman–Crippen MR) is 76.3 cm³/mol. The van der Waals surface area contributed by atoms with Gasteiger partial charge in [0.25, 0.3) is 0 Å². The molecule has 0 aliphatic rings. The molecule has 0 aromatic rings. The molecule has 0 N–H and O–H groups in total. The van der Waals surface area contributed by atoms with Gasteiger partial charge in [-0.25, -0.2) is 0 Å². The van der Waals surface area contributed by atoms with Crippen molar-refractivity contribution in [2.24, 2.45) is 5.18 Å². The second-order valence-electron chi connectivity index (χ2n) is 5.17. The van der Waals surface area contributed by atoms with Gasteiger partial charge in [-0.05, 0) is 12.8 Å². The molecule has 0 amide bonds. The summed E-state index contributed by atoms with van der Waals surface area (Å²) in [5.41, 5.74) is 0. The molecule has 0 aliphatic heterocycles. The van der Waals surface area contributed by atoms with Crippen LogP contribution in [-0.2, 0) is 0 Å². The molecule has 102 valence electrons. The van der Waals surface area contributed by atoms with Gasteiger partial charge in [0.15, 0.2) is 0 Å². The summed E-state index contributed by atoms with van der Waals surface area (Å²) in [6.45, 7) is 4.42. The lowest BCUT2D eigenvalue weighted by Gasteiger charge is -2.07. The lowest BCUT2D eigenvalue weighted by Crippen LogP contribution is -2.03. The number of nitroso groups, excluding NO2 is 1. The zero-order valence-corrected chi connectivity index (χ0v) is 11.9. The summed E-state index contributed by atoms with van der Waals surface area (Å²) < 4.78 is 0. The smallest absolute Gasteiger partial charge is 0.0919 e. The molecule has 2 nitrogen and oxygen atoms in total. The molecule has 0 fully saturated rings. The zero-order valence-electron chi connectivity index (χ0n) is 11.9. The van der Waals surface area contributed by atoms with Crippen LogP contribution in [0.1, 0.15) is 90.9 Å². The van der Waals surface area contributed by atoms with Crippen molar-refractivity contribution in [2.45, 2.75) is 96.9 Å². The number of nitrogens with zero attached hydrogens (tertiary/aromatic N) is 1. The average molecular weight is 241 g/mol. The van der Waals surface area contributed by atoms with Crippen molar-refractivity contribution in [1.29, 1.82) is 0 Å². The van der Waals surface area contributed by atoms with Crippen molar-refractivity contribution in [3.63, 3.8) is 0 Å². The van der Waals surface area contributed by atoms with Crippen molar-refractivity contribution in [3.05, 3.63) is 4.91 Å². The quantitative estimate of drug-likeness (QED) is 0.294. The highest BCUT2D eigenvalue weighted by molar-refractivity contribution is 4.65. The van der Waals surface area contributed by atoms with Gasteiger partial charge in [0.1, 0.15) is 0 Å². The normalized spacial score (nSPS) is 12.6. The first-order valence-electron chi connectivity index (χ1n) is 7.67. The van der Waals surface area contributed by atoms with Crippen LogP contribution in [0, 0.1) is 4.91 Å². The summed E-state index contributed by atoms with van der Waals surface area (Å²) in [5, 5.41) is 3.23. The van der Waals surface area contributed by atoms with Crippen LogP contribution >= 0.6 is 0 Å². The summed E-state index contributed by atoms with van der Waals surface area (Å²) >= 11 is 0. The van der Waals surface area contributed by atoms with Crippen LogP contribution in [-0.4, -0.2) is 6.04 Å². The van der Waals surface area contributed by atoms with E-state index in [0.29, 0.717) is 0 Å². The first kappa shape index (κ1) is 16.6. The van der Waals surface area contributed by atoms with E-state index < -0.39 is 0 Å². The third kappa shape index (κ3) is 11.9.